The third-order valence-corrected chi connectivity index (χ3v) is 3.37. The van der Waals surface area contributed by atoms with E-state index in [1.54, 1.807) is 38.6 Å². The molecule has 5 nitrogen and oxygen atoms in total. The first-order valence-electron chi connectivity index (χ1n) is 6.78. The van der Waals surface area contributed by atoms with Gasteiger partial charge in [0, 0.05) is 35.1 Å². The zero-order valence-corrected chi connectivity index (χ0v) is 13.6. The lowest BCUT2D eigenvalue weighted by atomic mass is 10.1. The van der Waals surface area contributed by atoms with Gasteiger partial charge in [-0.15, -0.1) is 12.4 Å². The Morgan fingerprint density at radius 3 is 2.43 bits per heavy atom. The van der Waals surface area contributed by atoms with Crippen LogP contribution in [0.5, 0.6) is 17.2 Å². The van der Waals surface area contributed by atoms with Crippen LogP contribution < -0.4 is 14.8 Å². The number of nitrogens with one attached hydrogen (secondary N) is 1. The van der Waals surface area contributed by atoms with E-state index >= 15 is 0 Å². The van der Waals surface area contributed by atoms with Gasteiger partial charge >= 0.3 is 0 Å². The Hall–Kier alpha value is -2.66. The van der Waals surface area contributed by atoms with E-state index in [0.717, 1.165) is 22.3 Å². The summed E-state index contributed by atoms with van der Waals surface area (Å²) in [6.07, 6.45) is 1.72. The first kappa shape index (κ1) is 16.7. The van der Waals surface area contributed by atoms with E-state index in [0.29, 0.717) is 11.5 Å². The number of ether oxygens (including phenoxy) is 2. The van der Waals surface area contributed by atoms with Crippen molar-refractivity contribution < 1.29 is 14.6 Å². The minimum Gasteiger partial charge on any atom is -0.508 e. The van der Waals surface area contributed by atoms with E-state index in [-0.39, 0.29) is 18.2 Å². The number of pyridine rings is 1. The number of benzene rings is 2. The molecule has 3 aromatic rings. The molecule has 0 saturated carbocycles. The summed E-state index contributed by atoms with van der Waals surface area (Å²) in [5, 5.41) is 13.8. The first-order valence-corrected chi connectivity index (χ1v) is 6.78. The van der Waals surface area contributed by atoms with Crippen molar-refractivity contribution in [1.29, 1.82) is 0 Å². The maximum absolute atomic E-state index is 9.57. The number of halogens is 1. The number of hydrogen-bond donors (Lipinski definition) is 2. The molecule has 3 rings (SSSR count). The quantitative estimate of drug-likeness (QED) is 0.752. The molecule has 0 aliphatic heterocycles. The first-order chi connectivity index (χ1) is 10.7. The van der Waals surface area contributed by atoms with Crippen molar-refractivity contribution in [3.8, 4) is 17.2 Å². The van der Waals surface area contributed by atoms with Gasteiger partial charge in [-0.05, 0) is 24.3 Å². The Balaban J connectivity index is 0.00000192. The van der Waals surface area contributed by atoms with Crippen molar-refractivity contribution in [1.82, 2.24) is 4.98 Å². The molecule has 1 heterocycles. The summed E-state index contributed by atoms with van der Waals surface area (Å²) < 4.78 is 10.6. The van der Waals surface area contributed by atoms with Gasteiger partial charge in [-0.2, -0.15) is 0 Å². The summed E-state index contributed by atoms with van der Waals surface area (Å²) in [5.74, 6) is 1.49. The van der Waals surface area contributed by atoms with Gasteiger partial charge in [0.2, 0.25) is 0 Å². The fourth-order valence-corrected chi connectivity index (χ4v) is 2.32. The van der Waals surface area contributed by atoms with Gasteiger partial charge in [-0.25, -0.2) is 0 Å². The average Bonchev–Trinajstić information content (AvgIpc) is 2.54. The highest BCUT2D eigenvalue weighted by Gasteiger charge is 2.10. The molecule has 6 heteroatoms. The van der Waals surface area contributed by atoms with Crippen LogP contribution in [0, 0.1) is 0 Å². The van der Waals surface area contributed by atoms with Crippen LogP contribution in [-0.2, 0) is 0 Å². The van der Waals surface area contributed by atoms with Gasteiger partial charge < -0.3 is 19.9 Å². The lowest BCUT2D eigenvalue weighted by Crippen LogP contribution is -1.95. The molecule has 2 N–H and O–H groups in total. The van der Waals surface area contributed by atoms with Crippen LogP contribution in [0.1, 0.15) is 0 Å². The summed E-state index contributed by atoms with van der Waals surface area (Å²) >= 11 is 0. The summed E-state index contributed by atoms with van der Waals surface area (Å²) in [7, 11) is 3.20. The minimum absolute atomic E-state index is 0. The fraction of sp³-hybridized carbons (Fsp3) is 0.118. The molecule has 0 radical (unpaired) electrons. The highest BCUT2D eigenvalue weighted by molar-refractivity contribution is 5.95. The Morgan fingerprint density at radius 1 is 1.00 bits per heavy atom. The number of hydrogen-bond acceptors (Lipinski definition) is 5. The van der Waals surface area contributed by atoms with Crippen molar-refractivity contribution >= 4 is 34.7 Å². The Morgan fingerprint density at radius 2 is 1.74 bits per heavy atom. The molecule has 2 aromatic carbocycles. The number of phenols is 1. The van der Waals surface area contributed by atoms with Gasteiger partial charge in [-0.3, -0.25) is 4.98 Å². The third-order valence-electron chi connectivity index (χ3n) is 3.37. The van der Waals surface area contributed by atoms with Gasteiger partial charge in [0.05, 0.1) is 19.7 Å². The number of methoxy groups -OCH3 is 2. The van der Waals surface area contributed by atoms with Crippen LogP contribution in [0.15, 0.2) is 48.7 Å². The van der Waals surface area contributed by atoms with Crippen molar-refractivity contribution in [2.45, 2.75) is 0 Å². The van der Waals surface area contributed by atoms with E-state index in [2.05, 4.69) is 10.3 Å². The minimum atomic E-state index is 0. The zero-order chi connectivity index (χ0) is 15.5. The molecule has 0 amide bonds. The molecule has 1 aromatic heterocycles. The molecule has 0 atom stereocenters. The number of aromatic nitrogens is 1. The molecule has 0 fully saturated rings. The van der Waals surface area contributed by atoms with Gasteiger partial charge in [0.15, 0.2) is 11.5 Å². The van der Waals surface area contributed by atoms with Gasteiger partial charge in [0.25, 0.3) is 0 Å². The van der Waals surface area contributed by atoms with Crippen LogP contribution in [0.25, 0.3) is 10.9 Å². The third kappa shape index (κ3) is 3.40. The van der Waals surface area contributed by atoms with Crippen LogP contribution in [0.3, 0.4) is 0 Å². The average molecular weight is 333 g/mol. The van der Waals surface area contributed by atoms with E-state index < -0.39 is 0 Å². The van der Waals surface area contributed by atoms with Crippen LogP contribution >= 0.6 is 12.4 Å². The Bertz CT molecular complexity index is 824. The van der Waals surface area contributed by atoms with Crippen molar-refractivity contribution in [2.75, 3.05) is 19.5 Å². The van der Waals surface area contributed by atoms with E-state index in [4.69, 9.17) is 9.47 Å². The largest absolute Gasteiger partial charge is 0.508 e. The number of rotatable bonds is 4. The van der Waals surface area contributed by atoms with Gasteiger partial charge in [-0.1, -0.05) is 6.07 Å². The summed E-state index contributed by atoms with van der Waals surface area (Å²) in [6, 6.07) is 12.5. The smallest absolute Gasteiger partial charge is 0.162 e. The van der Waals surface area contributed by atoms with E-state index in [1.807, 2.05) is 24.3 Å². The van der Waals surface area contributed by atoms with Crippen molar-refractivity contribution in [2.24, 2.45) is 0 Å². The Kier molecular flexibility index (Phi) is 5.13. The number of phenolic OH excluding ortho intramolecular Hbond substituents is 1. The normalized spacial score (nSPS) is 10.0. The fourth-order valence-electron chi connectivity index (χ4n) is 2.32. The second kappa shape index (κ2) is 7.07. The Labute approximate surface area is 140 Å². The molecule has 0 bridgehead atoms. The molecule has 0 spiro atoms. The summed E-state index contributed by atoms with van der Waals surface area (Å²) in [4.78, 5) is 4.36. The number of anilines is 2. The second-order valence-corrected chi connectivity index (χ2v) is 4.76. The van der Waals surface area contributed by atoms with Crippen molar-refractivity contribution in [3.05, 3.63) is 48.7 Å². The second-order valence-electron chi connectivity index (χ2n) is 4.76. The molecular weight excluding hydrogens is 316 g/mol. The maximum Gasteiger partial charge on any atom is 0.162 e. The molecule has 120 valence electrons. The number of nitrogens with zero attached hydrogens (tertiary/aromatic N) is 1. The topological polar surface area (TPSA) is 63.6 Å². The predicted octanol–water partition coefficient (Wildman–Crippen LogP) is 4.12. The predicted molar refractivity (Wildman–Crippen MR) is 93.5 cm³/mol. The standard InChI is InChI=1S/C17H16N2O3.ClH/c1-21-16-9-13-14(19-11-4-3-5-12(20)8-11)6-7-18-15(13)10-17(16)22-2;/h3-10,20H,1-2H3,(H,18,19);1H. The zero-order valence-electron chi connectivity index (χ0n) is 12.7. The molecule has 0 aliphatic rings. The molecular formula is C17H17ClN2O3. The van der Waals surface area contributed by atoms with Crippen LogP contribution in [0.2, 0.25) is 0 Å². The molecule has 0 aliphatic carbocycles. The monoisotopic (exact) mass is 332 g/mol. The highest BCUT2D eigenvalue weighted by atomic mass is 35.5. The van der Waals surface area contributed by atoms with E-state index in [1.165, 1.54) is 0 Å². The van der Waals surface area contributed by atoms with Crippen molar-refractivity contribution in [3.63, 3.8) is 0 Å². The molecule has 0 saturated heterocycles. The summed E-state index contributed by atoms with van der Waals surface area (Å²) in [5.41, 5.74) is 2.46. The SMILES string of the molecule is COc1cc2nccc(Nc3cccc(O)c3)c2cc1OC.Cl. The summed E-state index contributed by atoms with van der Waals surface area (Å²) in [6.45, 7) is 0. The lowest BCUT2D eigenvalue weighted by Gasteiger charge is -2.13. The van der Waals surface area contributed by atoms with Gasteiger partial charge in [0.1, 0.15) is 5.75 Å². The number of aromatic hydroxyl groups is 1. The molecule has 0 unspecified atom stereocenters. The number of fused-ring (bicyclic) bond motifs is 1. The van der Waals surface area contributed by atoms with E-state index in [9.17, 15) is 5.11 Å². The van der Waals surface area contributed by atoms with Crippen LogP contribution in [-0.4, -0.2) is 24.3 Å². The lowest BCUT2D eigenvalue weighted by molar-refractivity contribution is 0.356. The molecule has 23 heavy (non-hydrogen) atoms. The maximum atomic E-state index is 9.57. The highest BCUT2D eigenvalue weighted by Crippen LogP contribution is 2.35. The van der Waals surface area contributed by atoms with Crippen LogP contribution in [0.4, 0.5) is 11.4 Å².